The molecule has 30 heteroatoms. The third kappa shape index (κ3) is 19.8. The van der Waals surface area contributed by atoms with E-state index in [1.807, 2.05) is 6.07 Å². The number of phenolic OH excluding ortho intramolecular Hbond substituents is 1. The number of rotatable bonds is 31. The van der Waals surface area contributed by atoms with E-state index in [0.29, 0.717) is 28.9 Å². The lowest BCUT2D eigenvalue weighted by molar-refractivity contribution is -0.142. The first kappa shape index (κ1) is 64.6. The third-order valence-electron chi connectivity index (χ3n) is 14.0. The number of nitrogens with two attached hydrogens (primary N) is 3. The number of aromatic nitrogens is 3. The molecule has 0 radical (unpaired) electrons. The number of primary amides is 1. The van der Waals surface area contributed by atoms with E-state index >= 15 is 0 Å². The number of phenols is 1. The van der Waals surface area contributed by atoms with Gasteiger partial charge in [0.05, 0.1) is 26.0 Å². The Balaban J connectivity index is 1.16. The van der Waals surface area contributed by atoms with Crippen LogP contribution in [0, 0.1) is 5.92 Å². The number of aliphatic hydroxyl groups excluding tert-OH is 1. The van der Waals surface area contributed by atoms with Crippen molar-refractivity contribution in [2.75, 3.05) is 32.8 Å². The minimum absolute atomic E-state index is 0.0156. The van der Waals surface area contributed by atoms with Gasteiger partial charge in [0.15, 0.2) is 5.96 Å². The number of likely N-dealkylation sites (tertiary alicyclic amines) is 1. The molecule has 4 heterocycles. The van der Waals surface area contributed by atoms with E-state index in [0.717, 1.165) is 5.39 Å². The molecule has 2 fully saturated rings. The first-order valence-corrected chi connectivity index (χ1v) is 27.8. The molecule has 85 heavy (non-hydrogen) atoms. The highest BCUT2D eigenvalue weighted by molar-refractivity contribution is 5.99. The molecule has 0 aliphatic carbocycles. The smallest absolute Gasteiger partial charge is 0.245 e. The lowest BCUT2D eigenvalue weighted by Gasteiger charge is -2.30. The minimum Gasteiger partial charge on any atom is -0.508 e. The summed E-state index contributed by atoms with van der Waals surface area (Å²) in [6.45, 7) is 1.62. The molecule has 2 aromatic heterocycles. The predicted octanol–water partition coefficient (Wildman–Crippen LogP) is -4.39. The first-order chi connectivity index (χ1) is 40.6. The summed E-state index contributed by atoms with van der Waals surface area (Å²) in [4.78, 5) is 164. The van der Waals surface area contributed by atoms with Crippen LogP contribution in [0.5, 0.6) is 5.75 Å². The number of guanidine groups is 1. The van der Waals surface area contributed by atoms with Crippen molar-refractivity contribution < 1.29 is 63.0 Å². The molecule has 4 aromatic rings. The zero-order valence-corrected chi connectivity index (χ0v) is 47.1. The normalized spacial score (nSPS) is 16.8. The summed E-state index contributed by atoms with van der Waals surface area (Å²) >= 11 is 0. The van der Waals surface area contributed by atoms with Gasteiger partial charge in [-0.15, -0.1) is 0 Å². The molecular weight excluding hydrogens is 1110 g/mol. The Labute approximate surface area is 488 Å². The Bertz CT molecular complexity index is 3020. The van der Waals surface area contributed by atoms with Crippen LogP contribution in [-0.2, 0) is 72.0 Å². The molecule has 2 aliphatic rings. The van der Waals surface area contributed by atoms with E-state index in [1.54, 1.807) is 38.1 Å². The van der Waals surface area contributed by atoms with Gasteiger partial charge in [-0.25, -0.2) is 4.98 Å². The van der Waals surface area contributed by atoms with Gasteiger partial charge in [-0.2, -0.15) is 0 Å². The topological polar surface area (TPSA) is 475 Å². The van der Waals surface area contributed by atoms with Crippen LogP contribution in [-0.4, -0.2) is 182 Å². The Morgan fingerprint density at radius 1 is 0.729 bits per heavy atom. The van der Waals surface area contributed by atoms with Gasteiger partial charge in [-0.3, -0.25) is 57.7 Å². The highest BCUT2D eigenvalue weighted by atomic mass is 16.3. The number of amides is 11. The van der Waals surface area contributed by atoms with Gasteiger partial charge in [-0.05, 0) is 79.7 Å². The number of nitrogens with zero attached hydrogens (tertiary/aromatic N) is 3. The first-order valence-electron chi connectivity index (χ1n) is 27.8. The van der Waals surface area contributed by atoms with E-state index in [4.69, 9.17) is 17.2 Å². The van der Waals surface area contributed by atoms with Crippen LogP contribution in [0.25, 0.3) is 10.9 Å². The van der Waals surface area contributed by atoms with Crippen molar-refractivity contribution >= 4 is 81.8 Å². The van der Waals surface area contributed by atoms with E-state index in [9.17, 15) is 63.0 Å². The lowest BCUT2D eigenvalue weighted by Crippen LogP contribution is -2.60. The van der Waals surface area contributed by atoms with Gasteiger partial charge in [0.1, 0.15) is 54.1 Å². The predicted molar refractivity (Wildman–Crippen MR) is 305 cm³/mol. The number of aromatic amines is 2. The highest BCUT2D eigenvalue weighted by Crippen LogP contribution is 2.21. The lowest BCUT2D eigenvalue weighted by atomic mass is 10.0. The van der Waals surface area contributed by atoms with Gasteiger partial charge < -0.3 is 90.1 Å². The minimum atomic E-state index is -1.76. The van der Waals surface area contributed by atoms with Gasteiger partial charge in [0, 0.05) is 61.9 Å². The molecule has 8 atom stereocenters. The number of aromatic hydroxyl groups is 1. The summed E-state index contributed by atoms with van der Waals surface area (Å²) in [7, 11) is 0. The second-order valence-electron chi connectivity index (χ2n) is 21.2. The largest absolute Gasteiger partial charge is 0.508 e. The molecule has 0 saturated carbocycles. The number of nitrogens with one attached hydrogen (secondary N) is 11. The Morgan fingerprint density at radius 3 is 2.01 bits per heavy atom. The van der Waals surface area contributed by atoms with Gasteiger partial charge in [-0.1, -0.05) is 44.2 Å². The molecule has 2 saturated heterocycles. The number of hydrogen-bond donors (Lipinski definition) is 16. The second-order valence-corrected chi connectivity index (χ2v) is 21.2. The Morgan fingerprint density at radius 2 is 1.38 bits per heavy atom. The number of fused-ring (bicyclic) bond motifs is 1. The number of benzene rings is 2. The maximum atomic E-state index is 14.4. The molecule has 11 amide bonds. The van der Waals surface area contributed by atoms with Crippen LogP contribution in [0.15, 0.2) is 72.1 Å². The van der Waals surface area contributed by atoms with Crippen molar-refractivity contribution in [3.8, 4) is 5.75 Å². The summed E-state index contributed by atoms with van der Waals surface area (Å²) in [5, 5.41) is 44.5. The van der Waals surface area contributed by atoms with Crippen molar-refractivity contribution in [2.45, 2.75) is 126 Å². The monoisotopic (exact) mass is 1180 g/mol. The molecule has 8 unspecified atom stereocenters. The van der Waals surface area contributed by atoms with Gasteiger partial charge in [0.25, 0.3) is 0 Å². The fourth-order valence-corrected chi connectivity index (χ4v) is 9.74. The number of para-hydroxylation sites is 1. The van der Waals surface area contributed by atoms with Gasteiger partial charge in [0.2, 0.25) is 65.0 Å². The fraction of sp³-hybridized carbons (Fsp3) is 0.473. The number of imidazole rings is 1. The zero-order chi connectivity index (χ0) is 61.7. The molecule has 458 valence electrons. The maximum Gasteiger partial charge on any atom is 0.245 e. The second kappa shape index (κ2) is 31.2. The molecule has 0 spiro atoms. The number of carbonyl (C=O) groups is 11. The van der Waals surface area contributed by atoms with Crippen LogP contribution < -0.4 is 65.1 Å². The van der Waals surface area contributed by atoms with E-state index in [2.05, 4.69) is 67.8 Å². The molecule has 0 bridgehead atoms. The van der Waals surface area contributed by atoms with Crippen molar-refractivity contribution in [3.05, 3.63) is 84.1 Å². The molecule has 6 rings (SSSR count). The Hall–Kier alpha value is -9.61. The van der Waals surface area contributed by atoms with Gasteiger partial charge >= 0.3 is 0 Å². The number of H-pyrrole nitrogens is 2. The van der Waals surface area contributed by atoms with Crippen LogP contribution in [0.4, 0.5) is 0 Å². The van der Waals surface area contributed by atoms with E-state index in [1.165, 1.54) is 41.7 Å². The average Bonchev–Trinajstić information content (AvgIpc) is 4.52. The third-order valence-corrected chi connectivity index (χ3v) is 14.0. The highest BCUT2D eigenvalue weighted by Gasteiger charge is 2.39. The molecular formula is C55H75N17O13. The number of aliphatic imine (C=N–C) groups is 1. The molecule has 19 N–H and O–H groups in total. The summed E-state index contributed by atoms with van der Waals surface area (Å²) in [5.74, 6) is -8.88. The fourth-order valence-electron chi connectivity index (χ4n) is 9.74. The molecule has 30 nitrogen and oxygen atoms in total. The quantitative estimate of drug-likeness (QED) is 0.0129. The zero-order valence-electron chi connectivity index (χ0n) is 47.1. The molecule has 2 aromatic carbocycles. The number of carbonyl (C=O) groups excluding carboxylic acids is 11. The standard InChI is InChI=1S/C55H75N17O13/c1-29(2)19-38(49(80)67-37(9-5-17-60-55(57)58)54(85)72-18-6-10-43(72)53(84)61-25-44(56)75)66-46(77)26-62-47(78)39(20-30-11-13-34(74)14-12-30)68-52(83)42(27-73)71-51(82)40(22-32-21-31-7-3-4-8-35(31)64-32)70-50(81)41(23-33-24-59-28-63-33)69-48(79)36-15-16-45(76)65-36/h3-4,7-8,11-14,21,24,28-29,36-43,64,73-74H,5-6,9-10,15-20,22-23,25-27H2,1-2H3,(H2,56,75)(H,59,63)(H,61,84)(H,62,78)(H,65,76)(H,66,77)(H,67,80)(H,68,83)(H,69,79)(H,70,81)(H,71,82)(H4,57,58,60). The van der Waals surface area contributed by atoms with Crippen LogP contribution in [0.3, 0.4) is 0 Å². The van der Waals surface area contributed by atoms with Crippen molar-refractivity contribution in [3.63, 3.8) is 0 Å². The van der Waals surface area contributed by atoms with Crippen LogP contribution in [0.2, 0.25) is 0 Å². The number of aliphatic hydroxyl groups is 1. The van der Waals surface area contributed by atoms with Crippen molar-refractivity contribution in [1.29, 1.82) is 0 Å². The van der Waals surface area contributed by atoms with Crippen LogP contribution >= 0.6 is 0 Å². The summed E-state index contributed by atoms with van der Waals surface area (Å²) in [6.07, 6.45) is 3.58. The summed E-state index contributed by atoms with van der Waals surface area (Å²) in [5.41, 5.74) is 18.2. The molecule has 2 aliphatic heterocycles. The van der Waals surface area contributed by atoms with Crippen molar-refractivity contribution in [2.24, 2.45) is 28.1 Å². The maximum absolute atomic E-state index is 14.4. The van der Waals surface area contributed by atoms with Crippen molar-refractivity contribution in [1.82, 2.24) is 67.7 Å². The summed E-state index contributed by atoms with van der Waals surface area (Å²) < 4.78 is 0. The van der Waals surface area contributed by atoms with E-state index < -0.39 is 127 Å². The number of hydrogen-bond acceptors (Lipinski definition) is 15. The SMILES string of the molecule is CC(C)CC(NC(=O)CNC(=O)C(Cc1ccc(O)cc1)NC(=O)C(CO)NC(=O)C(Cc1cc2ccccc2[nH]1)NC(=O)C(Cc1cnc[nH]1)NC(=O)C1CCC(=O)N1)C(=O)NC(CCCN=C(N)N)C(=O)N1CCCC1C(=O)NCC(N)=O. The Kier molecular flexibility index (Phi) is 23.7. The van der Waals surface area contributed by atoms with Crippen LogP contribution in [0.1, 0.15) is 75.7 Å². The summed E-state index contributed by atoms with van der Waals surface area (Å²) in [6, 6.07) is 4.18. The average molecular weight is 1180 g/mol. The van der Waals surface area contributed by atoms with E-state index in [-0.39, 0.29) is 94.4 Å².